The van der Waals surface area contributed by atoms with Crippen molar-refractivity contribution in [3.05, 3.63) is 48.3 Å². The van der Waals surface area contributed by atoms with E-state index in [2.05, 4.69) is 17.2 Å². The van der Waals surface area contributed by atoms with Gasteiger partial charge in [0, 0.05) is 12.5 Å². The fraction of sp³-hybridized carbons (Fsp3) is 0.438. The molecule has 0 spiro atoms. The van der Waals surface area contributed by atoms with Crippen LogP contribution in [0.2, 0.25) is 0 Å². The van der Waals surface area contributed by atoms with Gasteiger partial charge in [0.05, 0.1) is 32.2 Å². The molecule has 1 unspecified atom stereocenters. The predicted octanol–water partition coefficient (Wildman–Crippen LogP) is 2.74. The number of aromatic nitrogens is 2. The molecule has 1 atom stereocenters. The van der Waals surface area contributed by atoms with Crippen LogP contribution in [0.3, 0.4) is 0 Å². The summed E-state index contributed by atoms with van der Waals surface area (Å²) in [6.45, 7) is 3.21. The van der Waals surface area contributed by atoms with Crippen LogP contribution in [0.1, 0.15) is 18.4 Å². The van der Waals surface area contributed by atoms with Gasteiger partial charge in [-0.15, -0.1) is 0 Å². The van der Waals surface area contributed by atoms with Gasteiger partial charge in [-0.2, -0.15) is 5.10 Å². The van der Waals surface area contributed by atoms with E-state index in [1.165, 1.54) is 12.0 Å². The first kappa shape index (κ1) is 13.2. The first-order valence-corrected chi connectivity index (χ1v) is 7.17. The highest BCUT2D eigenvalue weighted by molar-refractivity contribution is 5.17. The Kier molecular flexibility index (Phi) is 4.33. The smallest absolute Gasteiger partial charge is 0.157 e. The molecule has 2 aromatic rings. The Morgan fingerprint density at radius 3 is 3.00 bits per heavy atom. The molecule has 3 rings (SSSR count). The molecule has 1 aliphatic rings. The van der Waals surface area contributed by atoms with Crippen molar-refractivity contribution in [3.63, 3.8) is 0 Å². The van der Waals surface area contributed by atoms with Crippen molar-refractivity contribution in [2.75, 3.05) is 19.8 Å². The quantitative estimate of drug-likeness (QED) is 0.839. The molecular weight excluding hydrogens is 252 g/mol. The number of benzene rings is 1. The zero-order valence-corrected chi connectivity index (χ0v) is 11.6. The Bertz CT molecular complexity index is 518. The van der Waals surface area contributed by atoms with Gasteiger partial charge in [0.2, 0.25) is 0 Å². The SMILES string of the molecule is c1ccc(Cn2cc(OCC3CCCOC3)cn2)cc1. The summed E-state index contributed by atoms with van der Waals surface area (Å²) in [5.74, 6) is 1.35. The number of hydrogen-bond donors (Lipinski definition) is 0. The molecule has 106 valence electrons. The summed E-state index contributed by atoms with van der Waals surface area (Å²) in [7, 11) is 0. The Morgan fingerprint density at radius 1 is 1.30 bits per heavy atom. The molecule has 1 aliphatic heterocycles. The molecule has 1 aromatic carbocycles. The van der Waals surface area contributed by atoms with Crippen molar-refractivity contribution in [1.82, 2.24) is 9.78 Å². The topological polar surface area (TPSA) is 36.3 Å². The van der Waals surface area contributed by atoms with Crippen LogP contribution in [-0.4, -0.2) is 29.6 Å². The molecule has 0 saturated carbocycles. The average molecular weight is 272 g/mol. The third-order valence-corrected chi connectivity index (χ3v) is 3.54. The standard InChI is InChI=1S/C16H20N2O2/c1-2-5-14(6-3-1)10-18-11-16(9-17-18)20-13-15-7-4-8-19-12-15/h1-3,5-6,9,11,15H,4,7-8,10,12-13H2. The maximum Gasteiger partial charge on any atom is 0.157 e. The van der Waals surface area contributed by atoms with Crippen molar-refractivity contribution < 1.29 is 9.47 Å². The molecule has 1 aromatic heterocycles. The number of hydrogen-bond acceptors (Lipinski definition) is 3. The lowest BCUT2D eigenvalue weighted by atomic mass is 10.0. The van der Waals surface area contributed by atoms with Crippen molar-refractivity contribution in [3.8, 4) is 5.75 Å². The summed E-state index contributed by atoms with van der Waals surface area (Å²) in [4.78, 5) is 0. The normalized spacial score (nSPS) is 18.9. The largest absolute Gasteiger partial charge is 0.490 e. The van der Waals surface area contributed by atoms with Crippen LogP contribution in [0, 0.1) is 5.92 Å². The van der Waals surface area contributed by atoms with E-state index in [9.17, 15) is 0 Å². The highest BCUT2D eigenvalue weighted by atomic mass is 16.5. The third kappa shape index (κ3) is 3.61. The van der Waals surface area contributed by atoms with Crippen molar-refractivity contribution in [2.24, 2.45) is 5.92 Å². The first-order valence-electron chi connectivity index (χ1n) is 7.17. The fourth-order valence-electron chi connectivity index (χ4n) is 2.43. The van der Waals surface area contributed by atoms with Gasteiger partial charge in [0.25, 0.3) is 0 Å². The van der Waals surface area contributed by atoms with Gasteiger partial charge in [-0.05, 0) is 18.4 Å². The summed E-state index contributed by atoms with van der Waals surface area (Å²) in [5, 5.41) is 4.34. The Morgan fingerprint density at radius 2 is 2.20 bits per heavy atom. The number of nitrogens with zero attached hydrogens (tertiary/aromatic N) is 2. The highest BCUT2D eigenvalue weighted by Gasteiger charge is 2.14. The maximum absolute atomic E-state index is 5.80. The summed E-state index contributed by atoms with van der Waals surface area (Å²) in [6, 6.07) is 10.3. The van der Waals surface area contributed by atoms with Gasteiger partial charge in [-0.3, -0.25) is 4.68 Å². The minimum Gasteiger partial charge on any atom is -0.490 e. The van der Waals surface area contributed by atoms with Crippen molar-refractivity contribution in [1.29, 1.82) is 0 Å². The lowest BCUT2D eigenvalue weighted by Gasteiger charge is -2.21. The Labute approximate surface area is 119 Å². The number of ether oxygens (including phenoxy) is 2. The van der Waals surface area contributed by atoms with E-state index in [0.29, 0.717) is 5.92 Å². The number of rotatable bonds is 5. The molecule has 1 fully saturated rings. The van der Waals surface area contributed by atoms with Gasteiger partial charge in [0.15, 0.2) is 5.75 Å². The Balaban J connectivity index is 1.51. The van der Waals surface area contributed by atoms with Crippen LogP contribution in [0.15, 0.2) is 42.7 Å². The molecule has 0 amide bonds. The van der Waals surface area contributed by atoms with Gasteiger partial charge in [-0.25, -0.2) is 0 Å². The van der Waals surface area contributed by atoms with Gasteiger partial charge in [0.1, 0.15) is 0 Å². The monoisotopic (exact) mass is 272 g/mol. The molecule has 20 heavy (non-hydrogen) atoms. The molecule has 0 bridgehead atoms. The zero-order valence-electron chi connectivity index (χ0n) is 11.6. The lowest BCUT2D eigenvalue weighted by molar-refractivity contribution is 0.0352. The van der Waals surface area contributed by atoms with Crippen LogP contribution in [0.5, 0.6) is 5.75 Å². The van der Waals surface area contributed by atoms with Gasteiger partial charge < -0.3 is 9.47 Å². The van der Waals surface area contributed by atoms with Gasteiger partial charge in [-0.1, -0.05) is 30.3 Å². The van der Waals surface area contributed by atoms with E-state index in [1.807, 2.05) is 29.1 Å². The van der Waals surface area contributed by atoms with Crippen molar-refractivity contribution >= 4 is 0 Å². The molecule has 4 heteroatoms. The average Bonchev–Trinajstić information content (AvgIpc) is 2.95. The van der Waals surface area contributed by atoms with Crippen LogP contribution in [0.4, 0.5) is 0 Å². The van der Waals surface area contributed by atoms with Gasteiger partial charge >= 0.3 is 0 Å². The molecule has 2 heterocycles. The third-order valence-electron chi connectivity index (χ3n) is 3.54. The molecule has 0 aliphatic carbocycles. The molecule has 0 N–H and O–H groups in total. The second kappa shape index (κ2) is 6.57. The first-order chi connectivity index (χ1) is 9.90. The molecular formula is C16H20N2O2. The molecule has 1 saturated heterocycles. The van der Waals surface area contributed by atoms with Crippen molar-refractivity contribution in [2.45, 2.75) is 19.4 Å². The van der Waals surface area contributed by atoms with E-state index in [0.717, 1.165) is 38.5 Å². The van der Waals surface area contributed by atoms with E-state index in [4.69, 9.17) is 9.47 Å². The van der Waals surface area contributed by atoms with E-state index in [1.54, 1.807) is 6.20 Å². The summed E-state index contributed by atoms with van der Waals surface area (Å²) in [6.07, 6.45) is 6.07. The van der Waals surface area contributed by atoms with E-state index >= 15 is 0 Å². The second-order valence-corrected chi connectivity index (χ2v) is 5.25. The second-order valence-electron chi connectivity index (χ2n) is 5.25. The lowest BCUT2D eigenvalue weighted by Crippen LogP contribution is -2.23. The minimum absolute atomic E-state index is 0.515. The Hall–Kier alpha value is -1.81. The van der Waals surface area contributed by atoms with E-state index in [-0.39, 0.29) is 0 Å². The highest BCUT2D eigenvalue weighted by Crippen LogP contribution is 2.16. The molecule has 4 nitrogen and oxygen atoms in total. The van der Waals surface area contributed by atoms with Crippen LogP contribution in [0.25, 0.3) is 0 Å². The summed E-state index contributed by atoms with van der Waals surface area (Å²) in [5.41, 5.74) is 1.24. The maximum atomic E-state index is 5.80. The van der Waals surface area contributed by atoms with E-state index < -0.39 is 0 Å². The van der Waals surface area contributed by atoms with Crippen LogP contribution >= 0.6 is 0 Å². The summed E-state index contributed by atoms with van der Waals surface area (Å²) >= 11 is 0. The van der Waals surface area contributed by atoms with Crippen LogP contribution in [-0.2, 0) is 11.3 Å². The minimum atomic E-state index is 0.515. The van der Waals surface area contributed by atoms with Crippen LogP contribution < -0.4 is 4.74 Å². The zero-order chi connectivity index (χ0) is 13.6. The summed E-state index contributed by atoms with van der Waals surface area (Å²) < 4.78 is 13.2. The fourth-order valence-corrected chi connectivity index (χ4v) is 2.43. The molecule has 0 radical (unpaired) electrons. The predicted molar refractivity (Wildman–Crippen MR) is 76.8 cm³/mol.